The van der Waals surface area contributed by atoms with Crippen LogP contribution in [0.25, 0.3) is 0 Å². The lowest BCUT2D eigenvalue weighted by molar-refractivity contribution is 0.205. The highest BCUT2D eigenvalue weighted by Crippen LogP contribution is 2.11. The maximum atomic E-state index is 5.54. The van der Waals surface area contributed by atoms with Crippen molar-refractivity contribution in [2.75, 3.05) is 19.7 Å². The molecule has 1 atom stereocenters. The van der Waals surface area contributed by atoms with E-state index in [1.807, 2.05) is 6.92 Å². The van der Waals surface area contributed by atoms with Crippen LogP contribution in [-0.2, 0) is 0 Å². The molecule has 0 amide bonds. The number of aromatic nitrogens is 2. The van der Waals surface area contributed by atoms with Gasteiger partial charge in [0.05, 0.1) is 6.61 Å². The van der Waals surface area contributed by atoms with Crippen LogP contribution < -0.4 is 10.1 Å². The van der Waals surface area contributed by atoms with Crippen LogP contribution in [0.3, 0.4) is 0 Å². The Kier molecular flexibility index (Phi) is 3.50. The van der Waals surface area contributed by atoms with Crippen LogP contribution in [0.5, 0.6) is 6.01 Å². The summed E-state index contributed by atoms with van der Waals surface area (Å²) in [6.07, 6.45) is 6.03. The molecule has 1 aliphatic rings. The van der Waals surface area contributed by atoms with Gasteiger partial charge in [-0.2, -0.15) is 0 Å². The Balaban J connectivity index is 1.79. The highest BCUT2D eigenvalue weighted by Gasteiger charge is 2.13. The van der Waals surface area contributed by atoms with Gasteiger partial charge in [-0.25, -0.2) is 9.97 Å². The van der Waals surface area contributed by atoms with Crippen molar-refractivity contribution in [3.8, 4) is 6.01 Å². The third-order valence-electron chi connectivity index (χ3n) is 2.60. The van der Waals surface area contributed by atoms with E-state index in [1.54, 1.807) is 12.4 Å². The first-order valence-corrected chi connectivity index (χ1v) is 5.47. The third-order valence-corrected chi connectivity index (χ3v) is 2.60. The molecular weight excluding hydrogens is 190 g/mol. The van der Waals surface area contributed by atoms with Crippen LogP contribution in [0.15, 0.2) is 12.4 Å². The Morgan fingerprint density at radius 2 is 2.27 bits per heavy atom. The van der Waals surface area contributed by atoms with E-state index < -0.39 is 0 Å². The summed E-state index contributed by atoms with van der Waals surface area (Å²) >= 11 is 0. The van der Waals surface area contributed by atoms with Crippen molar-refractivity contribution in [2.45, 2.75) is 19.8 Å². The summed E-state index contributed by atoms with van der Waals surface area (Å²) in [6.45, 7) is 4.87. The number of rotatable bonds is 3. The van der Waals surface area contributed by atoms with E-state index in [9.17, 15) is 0 Å². The first-order valence-electron chi connectivity index (χ1n) is 5.47. The summed E-state index contributed by atoms with van der Waals surface area (Å²) in [7, 11) is 0. The van der Waals surface area contributed by atoms with Gasteiger partial charge in [-0.05, 0) is 31.9 Å². The van der Waals surface area contributed by atoms with Gasteiger partial charge in [-0.3, -0.25) is 0 Å². The molecule has 0 bridgehead atoms. The lowest BCUT2D eigenvalue weighted by Gasteiger charge is -2.22. The van der Waals surface area contributed by atoms with E-state index in [0.717, 1.165) is 25.3 Å². The van der Waals surface area contributed by atoms with E-state index in [0.29, 0.717) is 11.9 Å². The summed E-state index contributed by atoms with van der Waals surface area (Å²) in [5.74, 6) is 0.601. The Hall–Kier alpha value is -1.16. The molecule has 2 rings (SSSR count). The van der Waals surface area contributed by atoms with E-state index in [-0.39, 0.29) is 0 Å². The minimum atomic E-state index is 0.492. The molecule has 1 aromatic heterocycles. The number of nitrogens with one attached hydrogen (secondary N) is 1. The van der Waals surface area contributed by atoms with Crippen molar-refractivity contribution in [3.63, 3.8) is 0 Å². The van der Waals surface area contributed by atoms with Gasteiger partial charge in [-0.1, -0.05) is 0 Å². The van der Waals surface area contributed by atoms with Gasteiger partial charge >= 0.3 is 6.01 Å². The van der Waals surface area contributed by atoms with Gasteiger partial charge in [0.2, 0.25) is 0 Å². The van der Waals surface area contributed by atoms with Crippen LogP contribution in [0.1, 0.15) is 18.4 Å². The zero-order valence-electron chi connectivity index (χ0n) is 9.07. The molecule has 1 aliphatic heterocycles. The second-order valence-corrected chi connectivity index (χ2v) is 4.07. The van der Waals surface area contributed by atoms with Crippen LogP contribution >= 0.6 is 0 Å². The van der Waals surface area contributed by atoms with E-state index in [4.69, 9.17) is 4.74 Å². The number of ether oxygens (including phenoxy) is 1. The molecule has 2 heterocycles. The molecule has 0 aromatic carbocycles. The highest BCUT2D eigenvalue weighted by atomic mass is 16.5. The van der Waals surface area contributed by atoms with Crippen LogP contribution in [0.4, 0.5) is 0 Å². The summed E-state index contributed by atoms with van der Waals surface area (Å²) in [4.78, 5) is 8.22. The van der Waals surface area contributed by atoms with E-state index >= 15 is 0 Å². The smallest absolute Gasteiger partial charge is 0.316 e. The molecule has 15 heavy (non-hydrogen) atoms. The second kappa shape index (κ2) is 5.07. The fourth-order valence-corrected chi connectivity index (χ4v) is 1.71. The van der Waals surface area contributed by atoms with E-state index in [2.05, 4.69) is 15.3 Å². The van der Waals surface area contributed by atoms with Gasteiger partial charge in [0.1, 0.15) is 0 Å². The summed E-state index contributed by atoms with van der Waals surface area (Å²) in [6, 6.07) is 0.492. The molecule has 0 aliphatic carbocycles. The molecule has 1 saturated heterocycles. The average Bonchev–Trinajstić information content (AvgIpc) is 2.30. The molecule has 0 spiro atoms. The quantitative estimate of drug-likeness (QED) is 0.808. The first-order chi connectivity index (χ1) is 7.34. The Morgan fingerprint density at radius 1 is 1.47 bits per heavy atom. The maximum Gasteiger partial charge on any atom is 0.316 e. The van der Waals surface area contributed by atoms with Gasteiger partial charge in [0, 0.05) is 24.9 Å². The number of piperidine rings is 1. The van der Waals surface area contributed by atoms with Crippen molar-refractivity contribution in [1.29, 1.82) is 0 Å². The Morgan fingerprint density at radius 3 is 2.93 bits per heavy atom. The number of nitrogens with zero attached hydrogens (tertiary/aromatic N) is 2. The average molecular weight is 207 g/mol. The molecule has 82 valence electrons. The predicted molar refractivity (Wildman–Crippen MR) is 57.9 cm³/mol. The third kappa shape index (κ3) is 3.16. The zero-order chi connectivity index (χ0) is 10.5. The van der Waals surface area contributed by atoms with Crippen LogP contribution in [0, 0.1) is 12.8 Å². The molecule has 4 heteroatoms. The largest absolute Gasteiger partial charge is 0.463 e. The first kappa shape index (κ1) is 10.4. The summed E-state index contributed by atoms with van der Waals surface area (Å²) in [5, 5.41) is 3.36. The van der Waals surface area contributed by atoms with Crippen molar-refractivity contribution in [2.24, 2.45) is 5.92 Å². The number of aryl methyl sites for hydroxylation is 1. The predicted octanol–water partition coefficient (Wildman–Crippen LogP) is 1.16. The lowest BCUT2D eigenvalue weighted by atomic mass is 10.0. The van der Waals surface area contributed by atoms with Crippen molar-refractivity contribution >= 4 is 0 Å². The molecule has 4 nitrogen and oxygen atoms in total. The van der Waals surface area contributed by atoms with Gasteiger partial charge < -0.3 is 10.1 Å². The summed E-state index contributed by atoms with van der Waals surface area (Å²) < 4.78 is 5.54. The zero-order valence-corrected chi connectivity index (χ0v) is 9.07. The number of hydrogen-bond donors (Lipinski definition) is 1. The minimum Gasteiger partial charge on any atom is -0.463 e. The fourth-order valence-electron chi connectivity index (χ4n) is 1.71. The SMILES string of the molecule is Cc1cnc(OCC2CCCNC2)nc1. The molecule has 1 unspecified atom stereocenters. The van der Waals surface area contributed by atoms with E-state index in [1.165, 1.54) is 12.8 Å². The van der Waals surface area contributed by atoms with Crippen molar-refractivity contribution < 1.29 is 4.74 Å². The lowest BCUT2D eigenvalue weighted by Crippen LogP contribution is -2.33. The fraction of sp³-hybridized carbons (Fsp3) is 0.636. The Bertz CT molecular complexity index is 293. The van der Waals surface area contributed by atoms with Gasteiger partial charge in [-0.15, -0.1) is 0 Å². The summed E-state index contributed by atoms with van der Waals surface area (Å²) in [5.41, 5.74) is 1.06. The molecule has 1 N–H and O–H groups in total. The second-order valence-electron chi connectivity index (χ2n) is 4.07. The normalized spacial score (nSPS) is 21.3. The molecular formula is C11H17N3O. The highest BCUT2D eigenvalue weighted by molar-refractivity contribution is 5.04. The van der Waals surface area contributed by atoms with Crippen LogP contribution in [-0.4, -0.2) is 29.7 Å². The minimum absolute atomic E-state index is 0.492. The molecule has 1 fully saturated rings. The van der Waals surface area contributed by atoms with Crippen molar-refractivity contribution in [1.82, 2.24) is 15.3 Å². The molecule has 0 saturated carbocycles. The van der Waals surface area contributed by atoms with Gasteiger partial charge in [0.15, 0.2) is 0 Å². The monoisotopic (exact) mass is 207 g/mol. The molecule has 1 aromatic rings. The standard InChI is InChI=1S/C11H17N3O/c1-9-5-13-11(14-6-9)15-8-10-3-2-4-12-7-10/h5-6,10,12H,2-4,7-8H2,1H3. The topological polar surface area (TPSA) is 47.0 Å². The Labute approximate surface area is 90.1 Å². The van der Waals surface area contributed by atoms with Crippen molar-refractivity contribution in [3.05, 3.63) is 18.0 Å². The maximum absolute atomic E-state index is 5.54. The van der Waals surface area contributed by atoms with Gasteiger partial charge in [0.25, 0.3) is 0 Å². The molecule has 0 radical (unpaired) electrons. The number of hydrogen-bond acceptors (Lipinski definition) is 4. The van der Waals surface area contributed by atoms with Crippen LogP contribution in [0.2, 0.25) is 0 Å².